The molecule has 0 fully saturated rings. The molecular weight excluding hydrogens is 272 g/mol. The van der Waals surface area contributed by atoms with E-state index in [2.05, 4.69) is 15.9 Å². The van der Waals surface area contributed by atoms with Gasteiger partial charge in [0, 0.05) is 19.6 Å². The van der Waals surface area contributed by atoms with E-state index in [1.165, 1.54) is 11.3 Å². The summed E-state index contributed by atoms with van der Waals surface area (Å²) in [4.78, 5) is 11.3. The second-order valence-electron chi connectivity index (χ2n) is 2.54. The fourth-order valence-electron chi connectivity index (χ4n) is 1.13. The minimum absolute atomic E-state index is 0.684. The molecule has 0 aliphatic heterocycles. The molecule has 1 aromatic carbocycles. The molecule has 0 radical (unpaired) electrons. The molecule has 0 saturated heterocycles. The fraction of sp³-hybridized carbons (Fsp3) is 0. The number of hydrogen-bond donors (Lipinski definition) is 0. The van der Waals surface area contributed by atoms with E-state index in [1.807, 2.05) is 18.2 Å². The van der Waals surface area contributed by atoms with Gasteiger partial charge in [-0.3, -0.25) is 4.79 Å². The third-order valence-corrected chi connectivity index (χ3v) is 4.17. The third kappa shape index (κ3) is 1.52. The summed E-state index contributed by atoms with van der Waals surface area (Å²) in [7, 11) is 0. The normalized spacial score (nSPS) is 10.6. The summed E-state index contributed by atoms with van der Waals surface area (Å²) >= 11 is 10.7. The Balaban J connectivity index is 2.84. The Morgan fingerprint density at radius 1 is 1.46 bits per heavy atom. The molecule has 1 heterocycles. The van der Waals surface area contributed by atoms with Crippen molar-refractivity contribution in [2.75, 3.05) is 0 Å². The first-order chi connectivity index (χ1) is 6.22. The number of hydrogen-bond acceptors (Lipinski definition) is 2. The second-order valence-corrected chi connectivity index (χ2v) is 4.85. The van der Waals surface area contributed by atoms with Crippen molar-refractivity contribution in [1.82, 2.24) is 0 Å². The lowest BCUT2D eigenvalue weighted by Gasteiger charge is -1.90. The molecule has 2 aromatic rings. The number of aldehydes is 1. The lowest BCUT2D eigenvalue weighted by molar-refractivity contribution is 0.112. The van der Waals surface area contributed by atoms with Crippen LogP contribution >= 0.6 is 38.9 Å². The predicted octanol–water partition coefficient (Wildman–Crippen LogP) is 4.13. The summed E-state index contributed by atoms with van der Waals surface area (Å²) in [5, 5.41) is 1.68. The van der Waals surface area contributed by atoms with E-state index < -0.39 is 0 Å². The van der Waals surface area contributed by atoms with Gasteiger partial charge in [-0.05, 0) is 34.1 Å². The van der Waals surface area contributed by atoms with Gasteiger partial charge >= 0.3 is 0 Å². The molecule has 0 N–H and O–H groups in total. The monoisotopic (exact) mass is 274 g/mol. The number of rotatable bonds is 1. The highest BCUT2D eigenvalue weighted by molar-refractivity contribution is 9.10. The smallest absolute Gasteiger partial charge is 0.161 e. The first-order valence-electron chi connectivity index (χ1n) is 3.55. The lowest BCUT2D eigenvalue weighted by atomic mass is 10.2. The quantitative estimate of drug-likeness (QED) is 0.715. The Kier molecular flexibility index (Phi) is 2.41. The Morgan fingerprint density at radius 3 is 2.92 bits per heavy atom. The average molecular weight is 276 g/mol. The number of fused-ring (bicyclic) bond motifs is 1. The average Bonchev–Trinajstić information content (AvgIpc) is 2.44. The molecule has 0 atom stereocenters. The maximum absolute atomic E-state index is 10.6. The molecular formula is C9H4BrClOS. The molecule has 0 aliphatic rings. The number of carbonyl (C=O) groups is 1. The number of halogens is 2. The summed E-state index contributed by atoms with van der Waals surface area (Å²) in [6.07, 6.45) is 0.850. The van der Waals surface area contributed by atoms with Crippen LogP contribution < -0.4 is 0 Å². The maximum Gasteiger partial charge on any atom is 0.161 e. The van der Waals surface area contributed by atoms with Crippen molar-refractivity contribution in [3.8, 4) is 0 Å². The molecule has 2 rings (SSSR count). The molecule has 1 aromatic heterocycles. The van der Waals surface area contributed by atoms with Gasteiger partial charge < -0.3 is 0 Å². The van der Waals surface area contributed by atoms with Crippen LogP contribution in [0.3, 0.4) is 0 Å². The molecule has 0 saturated carbocycles. The van der Waals surface area contributed by atoms with Crippen LogP contribution in [0.25, 0.3) is 10.1 Å². The fourth-order valence-corrected chi connectivity index (χ4v) is 2.99. The zero-order valence-electron chi connectivity index (χ0n) is 6.38. The van der Waals surface area contributed by atoms with Crippen molar-refractivity contribution in [1.29, 1.82) is 0 Å². The summed E-state index contributed by atoms with van der Waals surface area (Å²) < 4.78 is 1.91. The number of thiophene rings is 1. The molecule has 13 heavy (non-hydrogen) atoms. The van der Waals surface area contributed by atoms with Crippen molar-refractivity contribution in [2.24, 2.45) is 0 Å². The highest BCUT2D eigenvalue weighted by Gasteiger charge is 2.08. The molecule has 0 amide bonds. The van der Waals surface area contributed by atoms with Crippen molar-refractivity contribution < 1.29 is 4.79 Å². The van der Waals surface area contributed by atoms with Gasteiger partial charge in [0.05, 0.1) is 4.88 Å². The topological polar surface area (TPSA) is 17.1 Å². The van der Waals surface area contributed by atoms with Crippen LogP contribution in [0.2, 0.25) is 5.02 Å². The van der Waals surface area contributed by atoms with E-state index in [0.29, 0.717) is 9.90 Å². The first kappa shape index (κ1) is 9.19. The van der Waals surface area contributed by atoms with Gasteiger partial charge in [0.25, 0.3) is 0 Å². The molecule has 4 heteroatoms. The highest BCUT2D eigenvalue weighted by atomic mass is 79.9. The number of carbonyl (C=O) groups excluding carboxylic acids is 1. The van der Waals surface area contributed by atoms with Gasteiger partial charge in [-0.25, -0.2) is 0 Å². The minimum atomic E-state index is 0.684. The van der Waals surface area contributed by atoms with Gasteiger partial charge in [-0.1, -0.05) is 11.6 Å². The zero-order valence-corrected chi connectivity index (χ0v) is 9.54. The van der Waals surface area contributed by atoms with Crippen LogP contribution in [0.15, 0.2) is 22.7 Å². The van der Waals surface area contributed by atoms with Gasteiger partial charge in [-0.2, -0.15) is 0 Å². The standard InChI is InChI=1S/C9H4BrClOS/c10-9-6-3-5(11)1-2-7(6)13-8(9)4-12/h1-4H. The largest absolute Gasteiger partial charge is 0.297 e. The van der Waals surface area contributed by atoms with Crippen LogP contribution in [0, 0.1) is 0 Å². The van der Waals surface area contributed by atoms with Crippen molar-refractivity contribution in [3.05, 3.63) is 32.6 Å². The van der Waals surface area contributed by atoms with Crippen LogP contribution in [0.1, 0.15) is 9.67 Å². The van der Waals surface area contributed by atoms with Crippen molar-refractivity contribution in [3.63, 3.8) is 0 Å². The Hall–Kier alpha value is -0.380. The first-order valence-corrected chi connectivity index (χ1v) is 5.54. The number of benzene rings is 1. The maximum atomic E-state index is 10.6. The Morgan fingerprint density at radius 2 is 2.23 bits per heavy atom. The van der Waals surface area contributed by atoms with Gasteiger partial charge in [-0.15, -0.1) is 11.3 Å². The molecule has 66 valence electrons. The van der Waals surface area contributed by atoms with Gasteiger partial charge in [0.1, 0.15) is 0 Å². The van der Waals surface area contributed by atoms with Crippen molar-refractivity contribution in [2.45, 2.75) is 0 Å². The molecule has 0 spiro atoms. The highest BCUT2D eigenvalue weighted by Crippen LogP contribution is 2.35. The zero-order chi connectivity index (χ0) is 9.42. The van der Waals surface area contributed by atoms with E-state index in [9.17, 15) is 4.79 Å². The third-order valence-electron chi connectivity index (χ3n) is 1.72. The Bertz CT molecular complexity index is 478. The summed E-state index contributed by atoms with van der Waals surface area (Å²) in [5.74, 6) is 0. The second kappa shape index (κ2) is 3.40. The summed E-state index contributed by atoms with van der Waals surface area (Å²) in [5.41, 5.74) is 0. The molecule has 0 bridgehead atoms. The van der Waals surface area contributed by atoms with E-state index in [1.54, 1.807) is 0 Å². The van der Waals surface area contributed by atoms with E-state index >= 15 is 0 Å². The van der Waals surface area contributed by atoms with Crippen LogP contribution in [-0.4, -0.2) is 6.29 Å². The van der Waals surface area contributed by atoms with Gasteiger partial charge in [0.15, 0.2) is 6.29 Å². The Labute approximate surface area is 92.5 Å². The summed E-state index contributed by atoms with van der Waals surface area (Å²) in [6, 6.07) is 5.59. The van der Waals surface area contributed by atoms with Crippen LogP contribution in [0.4, 0.5) is 0 Å². The molecule has 0 unspecified atom stereocenters. The lowest BCUT2D eigenvalue weighted by Crippen LogP contribution is -1.70. The van der Waals surface area contributed by atoms with E-state index in [4.69, 9.17) is 11.6 Å². The molecule has 1 nitrogen and oxygen atoms in total. The minimum Gasteiger partial charge on any atom is -0.297 e. The van der Waals surface area contributed by atoms with Crippen LogP contribution in [-0.2, 0) is 0 Å². The van der Waals surface area contributed by atoms with Crippen LogP contribution in [0.5, 0.6) is 0 Å². The van der Waals surface area contributed by atoms with E-state index in [-0.39, 0.29) is 0 Å². The van der Waals surface area contributed by atoms with E-state index in [0.717, 1.165) is 20.8 Å². The molecule has 0 aliphatic carbocycles. The van der Waals surface area contributed by atoms with Gasteiger partial charge in [0.2, 0.25) is 0 Å². The van der Waals surface area contributed by atoms with Crippen molar-refractivity contribution >= 4 is 55.2 Å². The predicted molar refractivity (Wildman–Crippen MR) is 59.9 cm³/mol. The summed E-state index contributed by atoms with van der Waals surface area (Å²) in [6.45, 7) is 0. The SMILES string of the molecule is O=Cc1sc2ccc(Cl)cc2c1Br.